The van der Waals surface area contributed by atoms with Gasteiger partial charge >= 0.3 is 0 Å². The van der Waals surface area contributed by atoms with Gasteiger partial charge in [0.25, 0.3) is 5.91 Å². The van der Waals surface area contributed by atoms with Crippen molar-refractivity contribution in [2.75, 3.05) is 38.3 Å². The molecule has 2 aromatic carbocycles. The Balaban J connectivity index is 1.44. The Labute approximate surface area is 266 Å². The molecule has 44 heavy (non-hydrogen) atoms. The summed E-state index contributed by atoms with van der Waals surface area (Å²) < 4.78 is 41.7. The third-order valence-electron chi connectivity index (χ3n) is 11.3. The molecule has 4 aliphatic rings. The maximum absolute atomic E-state index is 13.4. The molecule has 0 radical (unpaired) electrons. The second kappa shape index (κ2) is 12.1. The van der Waals surface area contributed by atoms with Gasteiger partial charge in [-0.25, -0.2) is 13.1 Å². The van der Waals surface area contributed by atoms with E-state index in [1.807, 2.05) is 13.0 Å². The first-order valence-corrected chi connectivity index (χ1v) is 18.0. The zero-order chi connectivity index (χ0) is 31.3. The molecule has 1 spiro atoms. The largest absolute Gasteiger partial charge is 0.490 e. The summed E-state index contributed by atoms with van der Waals surface area (Å²) >= 11 is 6.41. The molecule has 6 atom stereocenters. The van der Waals surface area contributed by atoms with Crippen LogP contribution in [0.25, 0.3) is 0 Å². The molecule has 0 saturated heterocycles. The van der Waals surface area contributed by atoms with Crippen molar-refractivity contribution in [1.82, 2.24) is 4.72 Å². The predicted molar refractivity (Wildman–Crippen MR) is 172 cm³/mol. The molecule has 2 aliphatic heterocycles. The number of carbonyl (C=O) groups is 1. The number of nitrogens with one attached hydrogen (secondary N) is 1. The Hall–Kier alpha value is -2.33. The molecule has 2 heterocycles. The van der Waals surface area contributed by atoms with E-state index >= 15 is 0 Å². The summed E-state index contributed by atoms with van der Waals surface area (Å²) in [6.45, 7) is 5.38. The molecule has 240 valence electrons. The van der Waals surface area contributed by atoms with Crippen molar-refractivity contribution in [2.45, 2.75) is 81.5 Å². The van der Waals surface area contributed by atoms with E-state index in [-0.39, 0.29) is 35.3 Å². The second-order valence-corrected chi connectivity index (χ2v) is 16.2. The quantitative estimate of drug-likeness (QED) is 0.446. The number of ether oxygens (including phenoxy) is 2. The fraction of sp³-hybridized carbons (Fsp3) is 0.618. The number of hydrogen-bond acceptors (Lipinski definition) is 7. The maximum Gasteiger partial charge on any atom is 0.264 e. The van der Waals surface area contributed by atoms with E-state index in [1.54, 1.807) is 32.2 Å². The van der Waals surface area contributed by atoms with Gasteiger partial charge in [-0.05, 0) is 111 Å². The van der Waals surface area contributed by atoms with Crippen molar-refractivity contribution >= 4 is 33.2 Å². The molecule has 8 nitrogen and oxygen atoms in total. The van der Waals surface area contributed by atoms with Gasteiger partial charge in [-0.15, -0.1) is 0 Å². The number of halogens is 1. The Kier molecular flexibility index (Phi) is 8.72. The van der Waals surface area contributed by atoms with Crippen LogP contribution in [0.15, 0.2) is 36.4 Å². The molecule has 0 aromatic heterocycles. The summed E-state index contributed by atoms with van der Waals surface area (Å²) in [6.07, 6.45) is 6.94. The van der Waals surface area contributed by atoms with E-state index in [1.165, 1.54) is 11.1 Å². The Bertz CT molecular complexity index is 1510. The lowest BCUT2D eigenvalue weighted by molar-refractivity contribution is -0.141. The highest BCUT2D eigenvalue weighted by molar-refractivity contribution is 7.90. The predicted octanol–water partition coefficient (Wildman–Crippen LogP) is 5.48. The van der Waals surface area contributed by atoms with Crippen molar-refractivity contribution in [2.24, 2.45) is 17.8 Å². The van der Waals surface area contributed by atoms with Crippen molar-refractivity contribution in [3.63, 3.8) is 0 Å². The fourth-order valence-corrected chi connectivity index (χ4v) is 9.77. The lowest BCUT2D eigenvalue weighted by Gasteiger charge is -2.51. The number of fused-ring (bicyclic) bond motifs is 4. The van der Waals surface area contributed by atoms with Crippen LogP contribution in [0.3, 0.4) is 0 Å². The van der Waals surface area contributed by atoms with Crippen LogP contribution in [-0.2, 0) is 26.6 Å². The molecule has 1 amide bonds. The lowest BCUT2D eigenvalue weighted by Crippen LogP contribution is -2.55. The monoisotopic (exact) mass is 644 g/mol. The molecule has 1 fully saturated rings. The topological polar surface area (TPSA) is 105 Å². The number of hydrogen-bond donors (Lipinski definition) is 2. The minimum absolute atomic E-state index is 0.0785. The highest BCUT2D eigenvalue weighted by Gasteiger charge is 2.49. The smallest absolute Gasteiger partial charge is 0.264 e. The molecule has 1 saturated carbocycles. The summed E-state index contributed by atoms with van der Waals surface area (Å²) in [4.78, 5) is 15.8. The number of carbonyl (C=O) groups excluding carboxylic acids is 1. The van der Waals surface area contributed by atoms with E-state index in [0.717, 1.165) is 49.2 Å². The average molecular weight is 645 g/mol. The zero-order valence-electron chi connectivity index (χ0n) is 26.0. The summed E-state index contributed by atoms with van der Waals surface area (Å²) in [5.74, 6) is 0.311. The molecule has 2 bridgehead atoms. The molecule has 0 unspecified atom stereocenters. The summed E-state index contributed by atoms with van der Waals surface area (Å²) in [6, 6.07) is 11.4. The van der Waals surface area contributed by atoms with Gasteiger partial charge in [0.15, 0.2) is 0 Å². The highest BCUT2D eigenvalue weighted by atomic mass is 35.5. The third kappa shape index (κ3) is 5.63. The Morgan fingerprint density at radius 2 is 1.93 bits per heavy atom. The number of rotatable bonds is 2. The van der Waals surface area contributed by atoms with Gasteiger partial charge in [-0.2, -0.15) is 0 Å². The van der Waals surface area contributed by atoms with Gasteiger partial charge in [-0.1, -0.05) is 31.0 Å². The summed E-state index contributed by atoms with van der Waals surface area (Å²) in [5, 5.41) is 10.7. The van der Waals surface area contributed by atoms with Crippen LogP contribution >= 0.6 is 11.6 Å². The Morgan fingerprint density at radius 1 is 1.11 bits per heavy atom. The first kappa shape index (κ1) is 31.6. The molecular formula is C34H45ClN2O6S. The van der Waals surface area contributed by atoms with Gasteiger partial charge in [0.1, 0.15) is 5.75 Å². The van der Waals surface area contributed by atoms with Gasteiger partial charge in [0, 0.05) is 36.2 Å². The molecule has 2 N–H and O–H groups in total. The van der Waals surface area contributed by atoms with E-state index < -0.39 is 26.8 Å². The van der Waals surface area contributed by atoms with Crippen LogP contribution in [0, 0.1) is 17.8 Å². The zero-order valence-corrected chi connectivity index (χ0v) is 27.6. The van der Waals surface area contributed by atoms with E-state index in [9.17, 15) is 18.3 Å². The molecule has 6 rings (SSSR count). The molecule has 2 aromatic rings. The minimum Gasteiger partial charge on any atom is -0.490 e. The minimum atomic E-state index is -3.92. The number of aliphatic hydroxyl groups excluding tert-OH is 1. The van der Waals surface area contributed by atoms with E-state index in [2.05, 4.69) is 21.8 Å². The van der Waals surface area contributed by atoms with E-state index in [0.29, 0.717) is 38.3 Å². The van der Waals surface area contributed by atoms with Crippen LogP contribution in [0.5, 0.6) is 5.75 Å². The summed E-state index contributed by atoms with van der Waals surface area (Å²) in [5.41, 5.74) is 2.62. The number of anilines is 1. The fourth-order valence-electron chi connectivity index (χ4n) is 8.26. The number of nitrogens with zero attached hydrogens (tertiary/aromatic N) is 1. The molecule has 2 aliphatic carbocycles. The molecule has 10 heteroatoms. The first-order chi connectivity index (χ1) is 21.0. The Morgan fingerprint density at radius 3 is 2.66 bits per heavy atom. The van der Waals surface area contributed by atoms with Crippen LogP contribution in [0.1, 0.15) is 80.3 Å². The highest BCUT2D eigenvalue weighted by Crippen LogP contribution is 2.49. The van der Waals surface area contributed by atoms with Gasteiger partial charge in [0.05, 0.1) is 29.8 Å². The third-order valence-corrected chi connectivity index (χ3v) is 13.5. The number of methoxy groups -OCH3 is 1. The SMILES string of the molecule is CO[C@@]1(CO)CCC[C@H](C)[C@@H](C)S(=O)(=O)NC(=O)c2ccc3c(c2)N(C[C@@H]2CC[C@H]21)C[C@@]1(CCCc2cc(Cl)ccc21)CO3. The van der Waals surface area contributed by atoms with Crippen LogP contribution in [0.2, 0.25) is 5.02 Å². The number of aliphatic hydroxyl groups is 1. The van der Waals surface area contributed by atoms with Crippen LogP contribution < -0.4 is 14.4 Å². The standard InChI is InChI=1S/C34H45ClN2O6S/c1-22-6-4-15-34(20-38,42-3)29-11-8-26(29)18-37-19-33(14-5-7-24-16-27(35)10-12-28(24)33)21-43-31-13-9-25(17-30(31)37)32(39)36-44(40,41)23(22)2/h9-10,12-13,16-17,22-23,26,29,38H,4-8,11,14-15,18-21H2,1-3H3,(H,36,39)/t22-,23+,26-,29+,33-,34+/m0/s1. The molecular weight excluding hydrogens is 600 g/mol. The van der Waals surface area contributed by atoms with Crippen molar-refractivity contribution < 1.29 is 27.8 Å². The normalized spacial score (nSPS) is 33.7. The van der Waals surface area contributed by atoms with Crippen LogP contribution in [-0.4, -0.2) is 63.7 Å². The number of aryl methyl sites for hydroxylation is 1. The second-order valence-electron chi connectivity index (χ2n) is 13.7. The lowest BCUT2D eigenvalue weighted by atomic mass is 9.63. The number of sulfonamides is 1. The average Bonchev–Trinajstić information content (AvgIpc) is 3.14. The number of benzene rings is 2. The van der Waals surface area contributed by atoms with Gasteiger partial charge in [-0.3, -0.25) is 4.79 Å². The van der Waals surface area contributed by atoms with Gasteiger partial charge in [0.2, 0.25) is 10.0 Å². The van der Waals surface area contributed by atoms with E-state index in [4.69, 9.17) is 21.1 Å². The number of amides is 1. The van der Waals surface area contributed by atoms with Crippen LogP contribution in [0.4, 0.5) is 5.69 Å². The first-order valence-electron chi connectivity index (χ1n) is 16.0. The maximum atomic E-state index is 13.4. The summed E-state index contributed by atoms with van der Waals surface area (Å²) in [7, 11) is -2.23. The van der Waals surface area contributed by atoms with Gasteiger partial charge < -0.3 is 19.5 Å². The van der Waals surface area contributed by atoms with Crippen molar-refractivity contribution in [3.05, 3.63) is 58.1 Å². The van der Waals surface area contributed by atoms with Crippen molar-refractivity contribution in [3.8, 4) is 5.75 Å². The van der Waals surface area contributed by atoms with Crippen molar-refractivity contribution in [1.29, 1.82) is 0 Å².